The molecule has 0 atom stereocenters. The van der Waals surface area contributed by atoms with E-state index in [2.05, 4.69) is 36.7 Å². The highest BCUT2D eigenvalue weighted by Crippen LogP contribution is 2.29. The van der Waals surface area contributed by atoms with Crippen LogP contribution >= 0.6 is 15.9 Å². The van der Waals surface area contributed by atoms with Gasteiger partial charge in [-0.2, -0.15) is 0 Å². The van der Waals surface area contributed by atoms with Gasteiger partial charge in [-0.25, -0.2) is 9.97 Å². The highest BCUT2D eigenvalue weighted by molar-refractivity contribution is 9.10. The normalized spacial score (nSPS) is 10.5. The van der Waals surface area contributed by atoms with Crippen LogP contribution in [0.15, 0.2) is 71.2 Å². The van der Waals surface area contributed by atoms with E-state index in [9.17, 15) is 4.79 Å². The third kappa shape index (κ3) is 4.59. The fraction of sp³-hybridized carbons (Fsp3) is 0.0870. The number of anilines is 1. The van der Waals surface area contributed by atoms with Crippen molar-refractivity contribution < 1.29 is 14.3 Å². The van der Waals surface area contributed by atoms with Crippen molar-refractivity contribution in [1.29, 1.82) is 0 Å². The van der Waals surface area contributed by atoms with E-state index in [0.717, 1.165) is 26.6 Å². The second-order valence-corrected chi connectivity index (χ2v) is 7.52. The molecule has 0 unspecified atom stereocenters. The van der Waals surface area contributed by atoms with E-state index in [0.29, 0.717) is 17.1 Å². The van der Waals surface area contributed by atoms with Crippen LogP contribution in [0.5, 0.6) is 11.5 Å². The number of methoxy groups -OCH3 is 2. The van der Waals surface area contributed by atoms with Gasteiger partial charge >= 0.3 is 0 Å². The first kappa shape index (κ1) is 20.6. The quantitative estimate of drug-likeness (QED) is 0.386. The van der Waals surface area contributed by atoms with Crippen LogP contribution in [-0.4, -0.2) is 30.1 Å². The summed E-state index contributed by atoms with van der Waals surface area (Å²) < 4.78 is 11.4. The maximum Gasteiger partial charge on any atom is 0.269 e. The monoisotopic (exact) mass is 478 g/mol. The summed E-state index contributed by atoms with van der Waals surface area (Å²) in [5.74, 6) is 0.932. The molecule has 0 aliphatic rings. The molecule has 0 saturated carbocycles. The number of fused-ring (bicyclic) bond motifs is 1. The Bertz CT molecular complexity index is 1230. The number of benzene rings is 3. The summed E-state index contributed by atoms with van der Waals surface area (Å²) in [6, 6.07) is 20.5. The number of nitrogens with one attached hydrogen (secondary N) is 2. The van der Waals surface area contributed by atoms with Gasteiger partial charge in [0, 0.05) is 27.1 Å². The molecule has 4 rings (SSSR count). The van der Waals surface area contributed by atoms with Crippen molar-refractivity contribution in [1.82, 2.24) is 15.4 Å². The highest BCUT2D eigenvalue weighted by Gasteiger charge is 2.13. The number of hydrogen-bond acceptors (Lipinski definition) is 6. The molecule has 7 nitrogen and oxygen atoms in total. The molecule has 0 saturated heterocycles. The van der Waals surface area contributed by atoms with Crippen LogP contribution in [0, 0.1) is 0 Å². The van der Waals surface area contributed by atoms with Gasteiger partial charge in [-0.15, -0.1) is 0 Å². The average molecular weight is 479 g/mol. The lowest BCUT2D eigenvalue weighted by atomic mass is 10.1. The molecule has 0 aliphatic carbocycles. The number of rotatable bonds is 6. The topological polar surface area (TPSA) is 85.4 Å². The number of carbonyl (C=O) groups is 1. The summed E-state index contributed by atoms with van der Waals surface area (Å²) in [5, 5.41) is 0.898. The molecule has 0 aliphatic heterocycles. The molecule has 31 heavy (non-hydrogen) atoms. The van der Waals surface area contributed by atoms with Crippen LogP contribution in [0.3, 0.4) is 0 Å². The van der Waals surface area contributed by atoms with E-state index in [-0.39, 0.29) is 11.9 Å². The zero-order valence-corrected chi connectivity index (χ0v) is 18.4. The van der Waals surface area contributed by atoms with Crippen LogP contribution in [0.1, 0.15) is 10.4 Å². The molecule has 0 radical (unpaired) electrons. The molecular formula is C23H19BrN4O3. The van der Waals surface area contributed by atoms with Gasteiger partial charge in [-0.05, 0) is 30.3 Å². The van der Waals surface area contributed by atoms with Crippen LogP contribution < -0.4 is 20.3 Å². The van der Waals surface area contributed by atoms with E-state index in [1.165, 1.54) is 14.2 Å². The van der Waals surface area contributed by atoms with Crippen LogP contribution in [-0.2, 0) is 0 Å². The number of ether oxygens (including phenoxy) is 2. The van der Waals surface area contributed by atoms with Crippen molar-refractivity contribution in [2.75, 3.05) is 19.6 Å². The standard InChI is InChI=1S/C23H19BrN4O3/c1-30-17-10-15(11-18(13-17)31-2)22(29)27-28-23-25-20-9-8-16(24)12-19(20)21(26-23)14-6-4-3-5-7-14/h3-13H,1-2H3,(H,27,29)(H,25,26,28). The molecule has 1 heterocycles. The van der Waals surface area contributed by atoms with Gasteiger partial charge in [-0.1, -0.05) is 46.3 Å². The smallest absolute Gasteiger partial charge is 0.269 e. The van der Waals surface area contributed by atoms with Crippen molar-refractivity contribution in [2.24, 2.45) is 0 Å². The minimum absolute atomic E-state index is 0.275. The first-order valence-corrected chi connectivity index (χ1v) is 10.2. The second-order valence-electron chi connectivity index (χ2n) is 6.60. The molecule has 0 fully saturated rings. The molecule has 2 N–H and O–H groups in total. The Morgan fingerprint density at radius 2 is 1.61 bits per heavy atom. The molecular weight excluding hydrogens is 460 g/mol. The third-order valence-electron chi connectivity index (χ3n) is 4.61. The lowest BCUT2D eigenvalue weighted by Crippen LogP contribution is -2.30. The van der Waals surface area contributed by atoms with Gasteiger partial charge in [-0.3, -0.25) is 15.6 Å². The number of hydrogen-bond donors (Lipinski definition) is 2. The third-order valence-corrected chi connectivity index (χ3v) is 5.10. The SMILES string of the molecule is COc1cc(OC)cc(C(=O)NNc2nc(-c3ccccc3)c3cc(Br)ccc3n2)c1. The number of aromatic nitrogens is 2. The van der Waals surface area contributed by atoms with E-state index >= 15 is 0 Å². The number of hydrazine groups is 1. The minimum atomic E-state index is -0.377. The summed E-state index contributed by atoms with van der Waals surface area (Å²) >= 11 is 3.51. The lowest BCUT2D eigenvalue weighted by Gasteiger charge is -2.12. The van der Waals surface area contributed by atoms with Crippen molar-refractivity contribution in [3.8, 4) is 22.8 Å². The Labute approximate surface area is 187 Å². The zero-order chi connectivity index (χ0) is 21.8. The summed E-state index contributed by atoms with van der Waals surface area (Å²) in [6.45, 7) is 0. The van der Waals surface area contributed by atoms with E-state index in [4.69, 9.17) is 9.47 Å². The molecule has 3 aromatic carbocycles. The molecule has 4 aromatic rings. The number of carbonyl (C=O) groups excluding carboxylic acids is 1. The maximum atomic E-state index is 12.7. The van der Waals surface area contributed by atoms with Gasteiger partial charge in [0.2, 0.25) is 5.95 Å². The second kappa shape index (κ2) is 9.01. The van der Waals surface area contributed by atoms with Gasteiger partial charge in [0.05, 0.1) is 25.4 Å². The molecule has 8 heteroatoms. The first-order chi connectivity index (χ1) is 15.1. The Kier molecular flexibility index (Phi) is 5.99. The lowest BCUT2D eigenvalue weighted by molar-refractivity contribution is 0.0961. The fourth-order valence-corrected chi connectivity index (χ4v) is 3.46. The molecule has 1 aromatic heterocycles. The molecule has 0 bridgehead atoms. The summed E-state index contributed by atoms with van der Waals surface area (Å²) in [5.41, 5.74) is 8.28. The van der Waals surface area contributed by atoms with Gasteiger partial charge in [0.15, 0.2) is 0 Å². The Morgan fingerprint density at radius 1 is 0.903 bits per heavy atom. The predicted octanol–water partition coefficient (Wildman–Crippen LogP) is 4.83. The first-order valence-electron chi connectivity index (χ1n) is 9.39. The number of halogens is 1. The number of nitrogens with zero attached hydrogens (tertiary/aromatic N) is 2. The summed E-state index contributed by atoms with van der Waals surface area (Å²) in [7, 11) is 3.06. The van der Waals surface area contributed by atoms with E-state index in [1.807, 2.05) is 48.5 Å². The van der Waals surface area contributed by atoms with Crippen molar-refractivity contribution in [3.63, 3.8) is 0 Å². The zero-order valence-electron chi connectivity index (χ0n) is 16.8. The minimum Gasteiger partial charge on any atom is -0.497 e. The van der Waals surface area contributed by atoms with Crippen LogP contribution in [0.25, 0.3) is 22.2 Å². The number of amides is 1. The van der Waals surface area contributed by atoms with Gasteiger partial charge < -0.3 is 9.47 Å². The van der Waals surface area contributed by atoms with Crippen LogP contribution in [0.4, 0.5) is 5.95 Å². The highest BCUT2D eigenvalue weighted by atomic mass is 79.9. The summed E-state index contributed by atoms with van der Waals surface area (Å²) in [6.07, 6.45) is 0. The Balaban J connectivity index is 1.65. The summed E-state index contributed by atoms with van der Waals surface area (Å²) in [4.78, 5) is 21.8. The predicted molar refractivity (Wildman–Crippen MR) is 123 cm³/mol. The average Bonchev–Trinajstić information content (AvgIpc) is 2.82. The van der Waals surface area contributed by atoms with Crippen molar-refractivity contribution in [3.05, 3.63) is 76.8 Å². The van der Waals surface area contributed by atoms with Crippen molar-refractivity contribution in [2.45, 2.75) is 0 Å². The van der Waals surface area contributed by atoms with Crippen molar-refractivity contribution >= 4 is 38.7 Å². The van der Waals surface area contributed by atoms with E-state index in [1.54, 1.807) is 18.2 Å². The molecule has 0 spiro atoms. The van der Waals surface area contributed by atoms with E-state index < -0.39 is 0 Å². The van der Waals surface area contributed by atoms with Crippen LogP contribution in [0.2, 0.25) is 0 Å². The molecule has 1 amide bonds. The molecule has 156 valence electrons. The van der Waals surface area contributed by atoms with Gasteiger partial charge in [0.1, 0.15) is 11.5 Å². The fourth-order valence-electron chi connectivity index (χ4n) is 3.10. The van der Waals surface area contributed by atoms with Gasteiger partial charge in [0.25, 0.3) is 5.91 Å². The Morgan fingerprint density at radius 3 is 2.29 bits per heavy atom. The largest absolute Gasteiger partial charge is 0.497 e. The Hall–Kier alpha value is -3.65. The maximum absolute atomic E-state index is 12.7.